The quantitative estimate of drug-likeness (QED) is 0.159. The fraction of sp³-hybridized carbons (Fsp3) is 0.233. The maximum atomic E-state index is 13.3. The van der Waals surface area contributed by atoms with Gasteiger partial charge in [0.15, 0.2) is 5.16 Å². The van der Waals surface area contributed by atoms with Gasteiger partial charge >= 0.3 is 0 Å². The summed E-state index contributed by atoms with van der Waals surface area (Å²) in [5, 5.41) is 4.28. The van der Waals surface area contributed by atoms with E-state index in [-0.39, 0.29) is 11.9 Å². The van der Waals surface area contributed by atoms with Gasteiger partial charge in [0.2, 0.25) is 0 Å². The summed E-state index contributed by atoms with van der Waals surface area (Å²) in [6.07, 6.45) is 0.712. The van der Waals surface area contributed by atoms with Crippen molar-refractivity contribution in [2.45, 2.75) is 23.4 Å². The molecule has 1 unspecified atom stereocenters. The number of hydrogen-bond donors (Lipinski definition) is 1. The first-order valence-corrected chi connectivity index (χ1v) is 14.0. The van der Waals surface area contributed by atoms with Crippen LogP contribution in [0.4, 0.5) is 5.82 Å². The highest BCUT2D eigenvalue weighted by Crippen LogP contribution is 2.26. The summed E-state index contributed by atoms with van der Waals surface area (Å²) in [6.45, 7) is 2.91. The highest BCUT2D eigenvalue weighted by atomic mass is 35.5. The molecule has 0 spiro atoms. The number of anilines is 1. The van der Waals surface area contributed by atoms with Crippen LogP contribution in [0.15, 0.2) is 96.2 Å². The third-order valence-corrected chi connectivity index (χ3v) is 7.46. The molecule has 1 aliphatic heterocycles. The van der Waals surface area contributed by atoms with E-state index in [2.05, 4.69) is 39.5 Å². The van der Waals surface area contributed by atoms with E-state index >= 15 is 0 Å². The van der Waals surface area contributed by atoms with E-state index in [1.54, 1.807) is 6.07 Å². The maximum Gasteiger partial charge on any atom is 0.251 e. The zero-order chi connectivity index (χ0) is 26.2. The molecule has 1 fully saturated rings. The van der Waals surface area contributed by atoms with Gasteiger partial charge in [-0.15, -0.1) is 0 Å². The fourth-order valence-electron chi connectivity index (χ4n) is 4.38. The van der Waals surface area contributed by atoms with Crippen LogP contribution in [0.25, 0.3) is 0 Å². The normalized spacial score (nSPS) is 14.2. The monoisotopic (exact) mass is 544 g/mol. The van der Waals surface area contributed by atoms with Crippen molar-refractivity contribution in [2.75, 3.05) is 31.2 Å². The maximum absolute atomic E-state index is 13.3. The minimum atomic E-state index is -0.136. The molecule has 1 N–H and O–H groups in total. The Hall–Kier alpha value is -3.39. The summed E-state index contributed by atoms with van der Waals surface area (Å²) in [4.78, 5) is 24.6. The molecule has 6 nitrogen and oxygen atoms in total. The van der Waals surface area contributed by atoms with Crippen molar-refractivity contribution in [1.29, 1.82) is 0 Å². The molecule has 4 aromatic rings. The van der Waals surface area contributed by atoms with E-state index in [4.69, 9.17) is 21.3 Å². The number of nitrogens with one attached hydrogen (secondary N) is 1. The number of ether oxygens (including phenoxy) is 1. The van der Waals surface area contributed by atoms with Crippen LogP contribution < -0.4 is 10.2 Å². The zero-order valence-electron chi connectivity index (χ0n) is 20.9. The molecule has 3 aromatic carbocycles. The Kier molecular flexibility index (Phi) is 8.91. The number of carbonyl (C=O) groups is 1. The number of rotatable bonds is 9. The fourth-order valence-corrected chi connectivity index (χ4v) is 5.41. The molecule has 0 aliphatic carbocycles. The number of hydrogen-bond acceptors (Lipinski definition) is 6. The lowest BCUT2D eigenvalue weighted by atomic mass is 9.98. The number of amides is 1. The molecule has 1 amide bonds. The highest BCUT2D eigenvalue weighted by Gasteiger charge is 2.18. The van der Waals surface area contributed by atoms with Gasteiger partial charge in [-0.1, -0.05) is 96.2 Å². The average Bonchev–Trinajstić information content (AvgIpc) is 2.97. The average molecular weight is 545 g/mol. The van der Waals surface area contributed by atoms with Gasteiger partial charge in [0, 0.05) is 30.5 Å². The molecule has 8 heteroatoms. The minimum Gasteiger partial charge on any atom is -0.378 e. The van der Waals surface area contributed by atoms with Gasteiger partial charge < -0.3 is 15.0 Å². The molecular weight excluding hydrogens is 516 g/mol. The molecule has 0 bridgehead atoms. The molecule has 2 heterocycles. The Morgan fingerprint density at radius 2 is 1.63 bits per heavy atom. The van der Waals surface area contributed by atoms with Crippen molar-refractivity contribution < 1.29 is 9.53 Å². The van der Waals surface area contributed by atoms with Crippen molar-refractivity contribution in [3.8, 4) is 0 Å². The number of halogens is 1. The van der Waals surface area contributed by atoms with E-state index in [9.17, 15) is 4.79 Å². The van der Waals surface area contributed by atoms with E-state index < -0.39 is 0 Å². The Balaban J connectivity index is 1.27. The lowest BCUT2D eigenvalue weighted by Gasteiger charge is -2.27. The molecule has 194 valence electrons. The molecule has 1 atom stereocenters. The number of benzene rings is 3. The lowest BCUT2D eigenvalue weighted by molar-refractivity contribution is 0.0936. The molecule has 38 heavy (non-hydrogen) atoms. The number of aromatic nitrogens is 2. The Morgan fingerprint density at radius 1 is 0.921 bits per heavy atom. The SMILES string of the molecule is O=C(NC(Cc1ccccc1)c1ccccc1)c1cccc(CSc2nc(Cl)cc(N3CCOCC3)n2)c1. The molecule has 0 radical (unpaired) electrons. The smallest absolute Gasteiger partial charge is 0.251 e. The van der Waals surface area contributed by atoms with Crippen molar-refractivity contribution in [1.82, 2.24) is 15.3 Å². The first kappa shape index (κ1) is 26.2. The van der Waals surface area contributed by atoms with Gasteiger partial charge in [-0.2, -0.15) is 0 Å². The van der Waals surface area contributed by atoms with Gasteiger partial charge in [0.25, 0.3) is 5.91 Å². The van der Waals surface area contributed by atoms with E-state index in [1.807, 2.05) is 60.7 Å². The molecule has 1 aliphatic rings. The van der Waals surface area contributed by atoms with Crippen LogP contribution in [0.5, 0.6) is 0 Å². The standard InChI is InChI=1S/C30H29ClN4O2S/c31-27-20-28(35-14-16-37-17-15-35)34-30(33-27)38-21-23-10-7-13-25(18-23)29(36)32-26(24-11-5-2-6-12-24)19-22-8-3-1-4-9-22/h1-13,18,20,26H,14-17,19,21H2,(H,32,36). The summed E-state index contributed by atoms with van der Waals surface area (Å²) in [5.41, 5.74) is 3.88. The van der Waals surface area contributed by atoms with Crippen LogP contribution in [-0.4, -0.2) is 42.2 Å². The third kappa shape index (κ3) is 7.13. The second-order valence-electron chi connectivity index (χ2n) is 9.05. The van der Waals surface area contributed by atoms with E-state index in [1.165, 1.54) is 17.3 Å². The van der Waals surface area contributed by atoms with E-state index in [0.717, 1.165) is 30.0 Å². The molecule has 5 rings (SSSR count). The summed E-state index contributed by atoms with van der Waals surface area (Å²) in [6, 6.07) is 29.7. The second-order valence-corrected chi connectivity index (χ2v) is 10.4. The van der Waals surface area contributed by atoms with Gasteiger partial charge in [0.05, 0.1) is 19.3 Å². The summed E-state index contributed by atoms with van der Waals surface area (Å²) in [7, 11) is 0. The van der Waals surface area contributed by atoms with Gasteiger partial charge in [-0.05, 0) is 35.2 Å². The molecule has 1 aromatic heterocycles. The largest absolute Gasteiger partial charge is 0.378 e. The minimum absolute atomic E-state index is 0.102. The van der Waals surface area contributed by atoms with Crippen molar-refractivity contribution in [2.24, 2.45) is 0 Å². The lowest BCUT2D eigenvalue weighted by Crippen LogP contribution is -2.36. The zero-order valence-corrected chi connectivity index (χ0v) is 22.5. The topological polar surface area (TPSA) is 67.4 Å². The second kappa shape index (κ2) is 12.9. The van der Waals surface area contributed by atoms with Gasteiger partial charge in [-0.3, -0.25) is 4.79 Å². The van der Waals surface area contributed by atoms with Gasteiger partial charge in [0.1, 0.15) is 11.0 Å². The summed E-state index contributed by atoms with van der Waals surface area (Å²) < 4.78 is 5.44. The summed E-state index contributed by atoms with van der Waals surface area (Å²) in [5.74, 6) is 1.33. The predicted molar refractivity (Wildman–Crippen MR) is 153 cm³/mol. The number of thioether (sulfide) groups is 1. The van der Waals surface area contributed by atoms with Crippen LogP contribution in [0.1, 0.15) is 33.1 Å². The Labute approximate surface area is 232 Å². The number of nitrogens with zero attached hydrogens (tertiary/aromatic N) is 3. The van der Waals surface area contributed by atoms with Crippen molar-refractivity contribution >= 4 is 35.1 Å². The van der Waals surface area contributed by atoms with Crippen LogP contribution in [0.2, 0.25) is 5.15 Å². The number of morpholine rings is 1. The molecule has 0 saturated carbocycles. The Morgan fingerprint density at radius 3 is 2.39 bits per heavy atom. The molecule has 1 saturated heterocycles. The number of carbonyl (C=O) groups excluding carboxylic acids is 1. The molecular formula is C30H29ClN4O2S. The van der Waals surface area contributed by atoms with Crippen molar-refractivity contribution in [3.05, 3.63) is 118 Å². The van der Waals surface area contributed by atoms with Crippen LogP contribution >= 0.6 is 23.4 Å². The van der Waals surface area contributed by atoms with E-state index in [0.29, 0.717) is 41.3 Å². The highest BCUT2D eigenvalue weighted by molar-refractivity contribution is 7.98. The van der Waals surface area contributed by atoms with Gasteiger partial charge in [-0.25, -0.2) is 9.97 Å². The predicted octanol–water partition coefficient (Wildman–Crippen LogP) is 5.97. The first-order valence-electron chi connectivity index (χ1n) is 12.6. The first-order chi connectivity index (χ1) is 18.6. The van der Waals surface area contributed by atoms with Crippen LogP contribution in [0, 0.1) is 0 Å². The third-order valence-electron chi connectivity index (χ3n) is 6.34. The van der Waals surface area contributed by atoms with Crippen LogP contribution in [0.3, 0.4) is 0 Å². The van der Waals surface area contributed by atoms with Crippen molar-refractivity contribution in [3.63, 3.8) is 0 Å². The Bertz CT molecular complexity index is 1350. The van der Waals surface area contributed by atoms with Crippen LogP contribution in [-0.2, 0) is 16.9 Å². The summed E-state index contributed by atoms with van der Waals surface area (Å²) >= 11 is 7.80.